The Hall–Kier alpha value is -1.39. The Kier molecular flexibility index (Phi) is 8.30. The van der Waals surface area contributed by atoms with Crippen molar-refractivity contribution in [2.45, 2.75) is 37.7 Å². The van der Waals surface area contributed by atoms with E-state index < -0.39 is 5.60 Å². The monoisotopic (exact) mass is 488 g/mol. The van der Waals surface area contributed by atoms with Gasteiger partial charge in [0.2, 0.25) is 5.91 Å². The number of para-hydroxylation sites is 1. The van der Waals surface area contributed by atoms with E-state index in [0.717, 1.165) is 17.8 Å². The predicted octanol–water partition coefficient (Wildman–Crippen LogP) is 1.83. The maximum atomic E-state index is 12.0. The molecule has 1 fully saturated rings. The van der Waals surface area contributed by atoms with Gasteiger partial charge in [-0.1, -0.05) is 18.2 Å². The van der Waals surface area contributed by atoms with E-state index in [9.17, 15) is 9.90 Å². The highest BCUT2D eigenvalue weighted by molar-refractivity contribution is 14.0. The van der Waals surface area contributed by atoms with Crippen molar-refractivity contribution in [3.05, 3.63) is 29.8 Å². The highest BCUT2D eigenvalue weighted by Gasteiger charge is 2.30. The van der Waals surface area contributed by atoms with Crippen LogP contribution in [0.15, 0.2) is 29.3 Å². The van der Waals surface area contributed by atoms with E-state index in [0.29, 0.717) is 51.5 Å². The molecule has 0 aliphatic carbocycles. The molecule has 0 spiro atoms. The van der Waals surface area contributed by atoms with Gasteiger partial charge in [0.25, 0.3) is 0 Å². The van der Waals surface area contributed by atoms with Crippen LogP contribution in [-0.2, 0) is 9.53 Å². The normalized spacial score (nSPS) is 21.5. The van der Waals surface area contributed by atoms with Crippen LogP contribution < -0.4 is 16.0 Å². The molecule has 0 aromatic heterocycles. The third-order valence-electron chi connectivity index (χ3n) is 4.92. The second-order valence-corrected chi connectivity index (χ2v) is 6.95. The Morgan fingerprint density at radius 2 is 2.07 bits per heavy atom. The summed E-state index contributed by atoms with van der Waals surface area (Å²) in [6.07, 6.45) is 1.66. The van der Waals surface area contributed by atoms with Gasteiger partial charge in [-0.15, -0.1) is 24.0 Å². The average molecular weight is 488 g/mol. The maximum absolute atomic E-state index is 12.0. The zero-order valence-corrected chi connectivity index (χ0v) is 18.0. The van der Waals surface area contributed by atoms with Crippen LogP contribution in [0.25, 0.3) is 0 Å². The molecule has 4 N–H and O–H groups in total. The van der Waals surface area contributed by atoms with Gasteiger partial charge in [-0.2, -0.15) is 0 Å². The Bertz CT molecular complexity index is 662. The van der Waals surface area contributed by atoms with Crippen molar-refractivity contribution < 1.29 is 14.6 Å². The lowest BCUT2D eigenvalue weighted by atomic mass is 9.90. The smallest absolute Gasteiger partial charge is 0.225 e. The highest BCUT2D eigenvalue weighted by Crippen LogP contribution is 2.31. The molecule has 1 saturated heterocycles. The number of aliphatic hydroxyl groups is 1. The van der Waals surface area contributed by atoms with Crippen LogP contribution >= 0.6 is 24.0 Å². The molecule has 1 aromatic rings. The Morgan fingerprint density at radius 3 is 2.81 bits per heavy atom. The molecule has 8 heteroatoms. The summed E-state index contributed by atoms with van der Waals surface area (Å²) >= 11 is 0. The molecule has 1 aromatic carbocycles. The summed E-state index contributed by atoms with van der Waals surface area (Å²) in [5, 5.41) is 20.0. The van der Waals surface area contributed by atoms with Gasteiger partial charge in [-0.25, -0.2) is 0 Å². The van der Waals surface area contributed by atoms with E-state index >= 15 is 0 Å². The molecule has 150 valence electrons. The molecule has 7 nitrogen and oxygen atoms in total. The number of ether oxygens (including phenoxy) is 1. The number of nitrogens with one attached hydrogen (secondary N) is 3. The van der Waals surface area contributed by atoms with Crippen LogP contribution in [0.3, 0.4) is 0 Å². The second-order valence-electron chi connectivity index (χ2n) is 6.95. The van der Waals surface area contributed by atoms with Crippen molar-refractivity contribution in [3.8, 4) is 0 Å². The van der Waals surface area contributed by atoms with Gasteiger partial charge in [0, 0.05) is 57.2 Å². The fourth-order valence-electron chi connectivity index (χ4n) is 3.38. The second kappa shape index (κ2) is 10.2. The average Bonchev–Trinajstić information content (AvgIpc) is 2.64. The van der Waals surface area contributed by atoms with Gasteiger partial charge in [0.15, 0.2) is 5.96 Å². The lowest BCUT2D eigenvalue weighted by molar-refractivity contribution is -0.116. The van der Waals surface area contributed by atoms with Crippen molar-refractivity contribution in [3.63, 3.8) is 0 Å². The van der Waals surface area contributed by atoms with Crippen molar-refractivity contribution in [2.75, 3.05) is 38.2 Å². The van der Waals surface area contributed by atoms with Gasteiger partial charge in [-0.05, 0) is 18.6 Å². The number of carbonyl (C=O) groups excluding carboxylic acids is 1. The number of amides is 1. The summed E-state index contributed by atoms with van der Waals surface area (Å²) in [5.74, 6) is 0.791. The van der Waals surface area contributed by atoms with Crippen LogP contribution in [0.1, 0.15) is 37.7 Å². The summed E-state index contributed by atoms with van der Waals surface area (Å²) in [6.45, 7) is 4.83. The maximum Gasteiger partial charge on any atom is 0.225 e. The SMILES string of the molecule is CCNC(=NCC1(O)CCOCC1)NCC1CC(=O)Nc2ccccc21.I. The molecule has 2 aliphatic rings. The van der Waals surface area contributed by atoms with E-state index in [4.69, 9.17) is 4.74 Å². The summed E-state index contributed by atoms with van der Waals surface area (Å²) in [6, 6.07) is 7.90. The fraction of sp³-hybridized carbons (Fsp3) is 0.579. The van der Waals surface area contributed by atoms with Gasteiger partial charge in [0.1, 0.15) is 0 Å². The minimum Gasteiger partial charge on any atom is -0.388 e. The summed E-state index contributed by atoms with van der Waals surface area (Å²) in [5.41, 5.74) is 1.23. The van der Waals surface area contributed by atoms with E-state index in [2.05, 4.69) is 27.0 Å². The number of benzene rings is 1. The number of aliphatic imine (C=N–C) groups is 1. The molecule has 1 atom stereocenters. The van der Waals surface area contributed by atoms with Crippen LogP contribution in [0.4, 0.5) is 5.69 Å². The largest absolute Gasteiger partial charge is 0.388 e. The number of anilines is 1. The number of rotatable bonds is 5. The topological polar surface area (TPSA) is 95.0 Å². The lowest BCUT2D eigenvalue weighted by Crippen LogP contribution is -2.43. The Balaban J connectivity index is 0.00000261. The number of guanidine groups is 1. The van der Waals surface area contributed by atoms with Gasteiger partial charge in [-0.3, -0.25) is 9.79 Å². The molecule has 3 rings (SSSR count). The summed E-state index contributed by atoms with van der Waals surface area (Å²) < 4.78 is 5.31. The fourth-order valence-corrected chi connectivity index (χ4v) is 3.38. The van der Waals surface area contributed by atoms with E-state index in [1.165, 1.54) is 0 Å². The van der Waals surface area contributed by atoms with Crippen LogP contribution in [0.5, 0.6) is 0 Å². The first kappa shape index (κ1) is 21.9. The van der Waals surface area contributed by atoms with E-state index in [1.807, 2.05) is 25.1 Å². The minimum absolute atomic E-state index is 0. The van der Waals surface area contributed by atoms with Gasteiger partial charge < -0.3 is 25.8 Å². The first-order valence-electron chi connectivity index (χ1n) is 9.31. The number of hydrogen-bond donors (Lipinski definition) is 4. The molecule has 1 amide bonds. The predicted molar refractivity (Wildman–Crippen MR) is 117 cm³/mol. The minimum atomic E-state index is -0.794. The number of nitrogens with zero attached hydrogens (tertiary/aromatic N) is 1. The summed E-state index contributed by atoms with van der Waals surface area (Å²) in [4.78, 5) is 16.5. The first-order valence-corrected chi connectivity index (χ1v) is 9.31. The zero-order valence-electron chi connectivity index (χ0n) is 15.7. The zero-order chi connectivity index (χ0) is 18.4. The van der Waals surface area contributed by atoms with Crippen molar-refractivity contribution in [1.82, 2.24) is 10.6 Å². The number of hydrogen-bond acceptors (Lipinski definition) is 4. The molecule has 2 heterocycles. The van der Waals surface area contributed by atoms with Crippen LogP contribution in [0, 0.1) is 0 Å². The molecule has 0 bridgehead atoms. The van der Waals surface area contributed by atoms with E-state index in [1.54, 1.807) is 0 Å². The highest BCUT2D eigenvalue weighted by atomic mass is 127. The number of carbonyl (C=O) groups is 1. The van der Waals surface area contributed by atoms with E-state index in [-0.39, 0.29) is 35.8 Å². The molecule has 1 unspecified atom stereocenters. The third-order valence-corrected chi connectivity index (χ3v) is 4.92. The quantitative estimate of drug-likeness (QED) is 0.288. The van der Waals surface area contributed by atoms with Crippen molar-refractivity contribution in [2.24, 2.45) is 4.99 Å². The van der Waals surface area contributed by atoms with Crippen molar-refractivity contribution >= 4 is 41.5 Å². The summed E-state index contributed by atoms with van der Waals surface area (Å²) in [7, 11) is 0. The molecular weight excluding hydrogens is 459 g/mol. The first-order chi connectivity index (χ1) is 12.6. The molecule has 2 aliphatic heterocycles. The van der Waals surface area contributed by atoms with Crippen LogP contribution in [0.2, 0.25) is 0 Å². The van der Waals surface area contributed by atoms with Crippen LogP contribution in [-0.4, -0.2) is 55.4 Å². The standard InChI is InChI=1S/C19H28N4O3.HI/c1-2-20-18(22-13-19(25)7-9-26-10-8-19)21-12-14-11-17(24)23-16-6-4-3-5-15(14)16;/h3-6,14,25H,2,7-13H2,1H3,(H,23,24)(H2,20,21,22);1H. The Morgan fingerprint density at radius 1 is 1.33 bits per heavy atom. The molecular formula is C19H29IN4O3. The Labute approximate surface area is 177 Å². The number of fused-ring (bicyclic) bond motifs is 1. The molecule has 0 saturated carbocycles. The number of halogens is 1. The van der Waals surface area contributed by atoms with Gasteiger partial charge >= 0.3 is 0 Å². The lowest BCUT2D eigenvalue weighted by Gasteiger charge is -2.31. The molecule has 27 heavy (non-hydrogen) atoms. The third kappa shape index (κ3) is 6.05. The van der Waals surface area contributed by atoms with Gasteiger partial charge in [0.05, 0.1) is 12.1 Å². The van der Waals surface area contributed by atoms with Crippen molar-refractivity contribution in [1.29, 1.82) is 0 Å². The molecule has 0 radical (unpaired) electrons.